The molecule has 0 bridgehead atoms. The maximum absolute atomic E-state index is 12.1. The molecule has 0 unspecified atom stereocenters. The third-order valence-corrected chi connectivity index (χ3v) is 3.73. The minimum Gasteiger partial charge on any atom is -0.454 e. The first-order valence-electron chi connectivity index (χ1n) is 6.20. The van der Waals surface area contributed by atoms with E-state index >= 15 is 0 Å². The lowest BCUT2D eigenvalue weighted by atomic mass is 10.1. The number of H-pyrrole nitrogens is 1. The van der Waals surface area contributed by atoms with E-state index < -0.39 is 5.97 Å². The lowest BCUT2D eigenvalue weighted by Crippen LogP contribution is -2.16. The number of thiazole rings is 1. The molecule has 0 fully saturated rings. The van der Waals surface area contributed by atoms with Crippen LogP contribution in [0.5, 0.6) is 0 Å². The number of carbonyl (C=O) groups is 1. The highest BCUT2D eigenvalue weighted by atomic mass is 32.1. The van der Waals surface area contributed by atoms with Crippen molar-refractivity contribution in [2.45, 2.75) is 13.5 Å². The Kier molecular flexibility index (Phi) is 3.49. The molecule has 2 aromatic heterocycles. The fourth-order valence-electron chi connectivity index (χ4n) is 1.95. The second-order valence-corrected chi connectivity index (χ2v) is 5.44. The fourth-order valence-corrected chi connectivity index (χ4v) is 2.55. The van der Waals surface area contributed by atoms with Gasteiger partial charge in [0.2, 0.25) is 0 Å². The SMILES string of the molecule is Cc1nc(COC(=O)c2n[nH]c(=O)c3ccccc23)cs1. The summed E-state index contributed by atoms with van der Waals surface area (Å²) in [6, 6.07) is 6.77. The van der Waals surface area contributed by atoms with Crippen molar-refractivity contribution in [2.75, 3.05) is 0 Å². The van der Waals surface area contributed by atoms with Crippen LogP contribution >= 0.6 is 11.3 Å². The second kappa shape index (κ2) is 5.45. The average Bonchev–Trinajstić information content (AvgIpc) is 2.91. The van der Waals surface area contributed by atoms with Gasteiger partial charge in [0.25, 0.3) is 5.56 Å². The summed E-state index contributed by atoms with van der Waals surface area (Å²) in [5.74, 6) is -0.590. The number of hydrogen-bond donors (Lipinski definition) is 1. The number of nitrogens with zero attached hydrogens (tertiary/aromatic N) is 2. The van der Waals surface area contributed by atoms with E-state index in [1.165, 1.54) is 11.3 Å². The van der Waals surface area contributed by atoms with Crippen molar-refractivity contribution in [3.8, 4) is 0 Å². The highest BCUT2D eigenvalue weighted by Gasteiger charge is 2.15. The summed E-state index contributed by atoms with van der Waals surface area (Å²) in [4.78, 5) is 28.0. The molecule has 0 spiro atoms. The zero-order valence-electron chi connectivity index (χ0n) is 11.1. The predicted octanol–water partition coefficient (Wildman–Crippen LogP) is 2.05. The molecule has 6 nitrogen and oxygen atoms in total. The maximum atomic E-state index is 12.1. The molecule has 0 radical (unpaired) electrons. The molecular weight excluding hydrogens is 290 g/mol. The molecule has 0 aliphatic carbocycles. The van der Waals surface area contributed by atoms with Gasteiger partial charge in [-0.3, -0.25) is 4.79 Å². The number of esters is 1. The molecule has 3 aromatic rings. The van der Waals surface area contributed by atoms with E-state index in [1.54, 1.807) is 24.3 Å². The van der Waals surface area contributed by atoms with Crippen molar-refractivity contribution < 1.29 is 9.53 Å². The van der Waals surface area contributed by atoms with Crippen LogP contribution in [0.25, 0.3) is 10.8 Å². The van der Waals surface area contributed by atoms with Crippen LogP contribution in [0.2, 0.25) is 0 Å². The zero-order valence-corrected chi connectivity index (χ0v) is 11.9. The largest absolute Gasteiger partial charge is 0.454 e. The Bertz CT molecular complexity index is 869. The molecule has 0 aliphatic rings. The van der Waals surface area contributed by atoms with Gasteiger partial charge in [0.15, 0.2) is 5.69 Å². The van der Waals surface area contributed by atoms with E-state index in [1.807, 2.05) is 12.3 Å². The summed E-state index contributed by atoms with van der Waals surface area (Å²) >= 11 is 1.49. The van der Waals surface area contributed by atoms with Gasteiger partial charge in [-0.15, -0.1) is 11.3 Å². The van der Waals surface area contributed by atoms with Gasteiger partial charge in [0.1, 0.15) is 6.61 Å². The number of ether oxygens (including phenoxy) is 1. The van der Waals surface area contributed by atoms with Crippen molar-refractivity contribution in [1.82, 2.24) is 15.2 Å². The second-order valence-electron chi connectivity index (χ2n) is 4.38. The molecule has 0 saturated heterocycles. The number of benzene rings is 1. The predicted molar refractivity (Wildman–Crippen MR) is 78.3 cm³/mol. The Morgan fingerprint density at radius 1 is 1.33 bits per heavy atom. The first-order chi connectivity index (χ1) is 10.1. The molecule has 0 aliphatic heterocycles. The minimum atomic E-state index is -0.590. The molecule has 106 valence electrons. The lowest BCUT2D eigenvalue weighted by molar-refractivity contribution is 0.0462. The molecule has 1 aromatic carbocycles. The molecule has 1 N–H and O–H groups in total. The quantitative estimate of drug-likeness (QED) is 0.748. The van der Waals surface area contributed by atoms with Crippen LogP contribution in [-0.2, 0) is 11.3 Å². The van der Waals surface area contributed by atoms with Crippen molar-refractivity contribution in [3.05, 3.63) is 56.4 Å². The van der Waals surface area contributed by atoms with Crippen LogP contribution in [0.1, 0.15) is 21.2 Å². The van der Waals surface area contributed by atoms with Crippen LogP contribution in [0.3, 0.4) is 0 Å². The van der Waals surface area contributed by atoms with Gasteiger partial charge in [-0.2, -0.15) is 5.10 Å². The Balaban J connectivity index is 1.88. The summed E-state index contributed by atoms with van der Waals surface area (Å²) in [6.45, 7) is 1.96. The smallest absolute Gasteiger partial charge is 0.359 e. The number of hydrogen-bond acceptors (Lipinski definition) is 6. The van der Waals surface area contributed by atoms with Gasteiger partial charge >= 0.3 is 5.97 Å². The summed E-state index contributed by atoms with van der Waals surface area (Å²) in [5, 5.41) is 9.72. The van der Waals surface area contributed by atoms with Crippen LogP contribution in [0.15, 0.2) is 34.4 Å². The number of aromatic nitrogens is 3. The Morgan fingerprint density at radius 3 is 2.81 bits per heavy atom. The summed E-state index contributed by atoms with van der Waals surface area (Å²) < 4.78 is 5.20. The van der Waals surface area contributed by atoms with Crippen LogP contribution < -0.4 is 5.56 Å². The highest BCUT2D eigenvalue weighted by molar-refractivity contribution is 7.09. The van der Waals surface area contributed by atoms with Crippen LogP contribution in [-0.4, -0.2) is 21.2 Å². The lowest BCUT2D eigenvalue weighted by Gasteiger charge is -2.04. The number of aromatic amines is 1. The number of carbonyl (C=O) groups excluding carboxylic acids is 1. The van der Waals surface area contributed by atoms with Gasteiger partial charge in [-0.1, -0.05) is 18.2 Å². The van der Waals surface area contributed by atoms with E-state index in [2.05, 4.69) is 15.2 Å². The van der Waals surface area contributed by atoms with E-state index in [9.17, 15) is 9.59 Å². The number of aryl methyl sites for hydroxylation is 1. The molecule has 0 amide bonds. The Morgan fingerprint density at radius 2 is 2.10 bits per heavy atom. The Labute approximate surface area is 123 Å². The third kappa shape index (κ3) is 2.68. The molecular formula is C14H11N3O3S. The number of nitrogens with one attached hydrogen (secondary N) is 1. The molecule has 2 heterocycles. The van der Waals surface area contributed by atoms with E-state index in [4.69, 9.17) is 4.74 Å². The van der Waals surface area contributed by atoms with E-state index in [0.29, 0.717) is 16.5 Å². The van der Waals surface area contributed by atoms with E-state index in [-0.39, 0.29) is 17.9 Å². The van der Waals surface area contributed by atoms with Gasteiger partial charge in [-0.05, 0) is 13.0 Å². The molecule has 0 saturated carbocycles. The number of fused-ring (bicyclic) bond motifs is 1. The normalized spacial score (nSPS) is 10.7. The molecule has 7 heteroatoms. The molecule has 21 heavy (non-hydrogen) atoms. The average molecular weight is 301 g/mol. The summed E-state index contributed by atoms with van der Waals surface area (Å²) in [6.07, 6.45) is 0. The van der Waals surface area contributed by atoms with Crippen LogP contribution in [0.4, 0.5) is 0 Å². The zero-order chi connectivity index (χ0) is 14.8. The fraction of sp³-hybridized carbons (Fsp3) is 0.143. The first kappa shape index (κ1) is 13.4. The minimum absolute atomic E-state index is 0.0817. The summed E-state index contributed by atoms with van der Waals surface area (Å²) in [5.41, 5.74) is 0.453. The van der Waals surface area contributed by atoms with Gasteiger partial charge in [-0.25, -0.2) is 14.9 Å². The van der Waals surface area contributed by atoms with Crippen molar-refractivity contribution in [1.29, 1.82) is 0 Å². The standard InChI is InChI=1S/C14H11N3O3S/c1-8-15-9(7-21-8)6-20-14(19)12-10-4-2-3-5-11(10)13(18)17-16-12/h2-5,7H,6H2,1H3,(H,17,18). The van der Waals surface area contributed by atoms with Gasteiger partial charge in [0.05, 0.1) is 16.1 Å². The van der Waals surface area contributed by atoms with Gasteiger partial charge in [0, 0.05) is 10.8 Å². The molecule has 3 rings (SSSR count). The monoisotopic (exact) mass is 301 g/mol. The first-order valence-corrected chi connectivity index (χ1v) is 7.08. The van der Waals surface area contributed by atoms with Crippen molar-refractivity contribution >= 4 is 28.1 Å². The van der Waals surface area contributed by atoms with E-state index in [0.717, 1.165) is 5.01 Å². The maximum Gasteiger partial charge on any atom is 0.359 e. The highest BCUT2D eigenvalue weighted by Crippen LogP contribution is 2.15. The van der Waals surface area contributed by atoms with Crippen molar-refractivity contribution in [2.24, 2.45) is 0 Å². The van der Waals surface area contributed by atoms with Gasteiger partial charge < -0.3 is 4.74 Å². The topological polar surface area (TPSA) is 84.9 Å². The van der Waals surface area contributed by atoms with Crippen LogP contribution in [0, 0.1) is 6.92 Å². The van der Waals surface area contributed by atoms with Crippen molar-refractivity contribution in [3.63, 3.8) is 0 Å². The summed E-state index contributed by atoms with van der Waals surface area (Å²) in [7, 11) is 0. The molecule has 0 atom stereocenters. The number of rotatable bonds is 3. The Hall–Kier alpha value is -2.54. The third-order valence-electron chi connectivity index (χ3n) is 2.91.